The van der Waals surface area contributed by atoms with E-state index in [1.165, 1.54) is 49.0 Å². The van der Waals surface area contributed by atoms with Gasteiger partial charge in [-0.05, 0) is 54.8 Å². The van der Waals surface area contributed by atoms with Crippen molar-refractivity contribution >= 4 is 44.1 Å². The van der Waals surface area contributed by atoms with Crippen molar-refractivity contribution in [2.45, 2.75) is 12.3 Å². The molecular formula is C34H28S. The van der Waals surface area contributed by atoms with Crippen molar-refractivity contribution in [3.63, 3.8) is 0 Å². The molecule has 0 amide bonds. The van der Waals surface area contributed by atoms with Gasteiger partial charge >= 0.3 is 0 Å². The lowest BCUT2D eigenvalue weighted by molar-refractivity contribution is 0.726. The molecule has 1 heteroatoms. The molecule has 0 bridgehead atoms. The van der Waals surface area contributed by atoms with Gasteiger partial charge in [0.25, 0.3) is 0 Å². The van der Waals surface area contributed by atoms with E-state index in [1.54, 1.807) is 0 Å². The summed E-state index contributed by atoms with van der Waals surface area (Å²) in [4.78, 5) is 0. The monoisotopic (exact) mass is 468 g/mol. The zero-order valence-corrected chi connectivity index (χ0v) is 20.8. The molecule has 0 saturated heterocycles. The Labute approximate surface area is 211 Å². The topological polar surface area (TPSA) is 0 Å². The van der Waals surface area contributed by atoms with E-state index in [0.29, 0.717) is 0 Å². The van der Waals surface area contributed by atoms with Crippen LogP contribution < -0.4 is 0 Å². The first kappa shape index (κ1) is 21.9. The van der Waals surface area contributed by atoms with Gasteiger partial charge in [-0.1, -0.05) is 134 Å². The van der Waals surface area contributed by atoms with Crippen molar-refractivity contribution in [2.24, 2.45) is 0 Å². The predicted molar refractivity (Wildman–Crippen MR) is 155 cm³/mol. The van der Waals surface area contributed by atoms with Crippen LogP contribution in [-0.4, -0.2) is 11.5 Å². The van der Waals surface area contributed by atoms with Gasteiger partial charge in [-0.25, -0.2) is 0 Å². The molecule has 0 radical (unpaired) electrons. The first-order valence-corrected chi connectivity index (χ1v) is 13.5. The van der Waals surface area contributed by atoms with Crippen LogP contribution in [0.25, 0.3) is 32.3 Å². The third-order valence-corrected chi connectivity index (χ3v) is 8.32. The zero-order valence-electron chi connectivity index (χ0n) is 19.9. The lowest BCUT2D eigenvalue weighted by atomic mass is 9.67. The van der Waals surface area contributed by atoms with E-state index in [9.17, 15) is 0 Å². The van der Waals surface area contributed by atoms with E-state index in [0.717, 1.165) is 11.5 Å². The minimum atomic E-state index is -0.316. The van der Waals surface area contributed by atoms with Crippen molar-refractivity contribution in [1.82, 2.24) is 0 Å². The van der Waals surface area contributed by atoms with Gasteiger partial charge in [0.1, 0.15) is 0 Å². The Bertz CT molecular complexity index is 1440. The van der Waals surface area contributed by atoms with Crippen molar-refractivity contribution in [2.75, 3.05) is 11.5 Å². The Hall–Kier alpha value is -3.55. The number of rotatable bonds is 6. The number of hydrogen-bond donors (Lipinski definition) is 0. The van der Waals surface area contributed by atoms with Crippen LogP contribution >= 0.6 is 11.8 Å². The molecule has 0 unspecified atom stereocenters. The minimum Gasteiger partial charge on any atom is -0.161 e. The average molecular weight is 469 g/mol. The quantitative estimate of drug-likeness (QED) is 0.220. The summed E-state index contributed by atoms with van der Waals surface area (Å²) in [7, 11) is 0. The molecule has 0 nitrogen and oxygen atoms in total. The molecule has 0 aromatic heterocycles. The molecule has 0 atom stereocenters. The summed E-state index contributed by atoms with van der Waals surface area (Å²) in [6.07, 6.45) is 0. The highest BCUT2D eigenvalue weighted by Crippen LogP contribution is 2.48. The smallest absolute Gasteiger partial charge is 0.0559 e. The summed E-state index contributed by atoms with van der Waals surface area (Å²) in [6, 6.07) is 47.1. The fourth-order valence-electron chi connectivity index (χ4n) is 5.72. The van der Waals surface area contributed by atoms with E-state index < -0.39 is 0 Å². The largest absolute Gasteiger partial charge is 0.161 e. The lowest BCUT2D eigenvalue weighted by Gasteiger charge is -2.38. The summed E-state index contributed by atoms with van der Waals surface area (Å²) in [5.41, 5.74) is 3.82. The Morgan fingerprint density at radius 2 is 0.800 bits per heavy atom. The second-order valence-electron chi connectivity index (χ2n) is 9.12. The first-order chi connectivity index (χ1) is 17.3. The molecule has 0 fully saturated rings. The van der Waals surface area contributed by atoms with Crippen molar-refractivity contribution < 1.29 is 0 Å². The summed E-state index contributed by atoms with van der Waals surface area (Å²) < 4.78 is 0. The molecule has 6 rings (SSSR count). The maximum atomic E-state index is 2.36. The fourth-order valence-corrected chi connectivity index (χ4v) is 6.69. The van der Waals surface area contributed by atoms with Crippen LogP contribution in [0.4, 0.5) is 0 Å². The number of benzene rings is 6. The summed E-state index contributed by atoms with van der Waals surface area (Å²) in [5.74, 6) is 2.04. The van der Waals surface area contributed by atoms with Gasteiger partial charge < -0.3 is 0 Å². The van der Waals surface area contributed by atoms with E-state index in [4.69, 9.17) is 0 Å². The molecule has 0 spiro atoms. The van der Waals surface area contributed by atoms with Gasteiger partial charge in [-0.15, -0.1) is 0 Å². The highest BCUT2D eigenvalue weighted by molar-refractivity contribution is 7.99. The van der Waals surface area contributed by atoms with Crippen molar-refractivity contribution in [3.8, 4) is 0 Å². The summed E-state index contributed by atoms with van der Waals surface area (Å²) >= 11 is 2.03. The maximum absolute atomic E-state index is 2.36. The molecule has 0 saturated carbocycles. The van der Waals surface area contributed by atoms with E-state index in [-0.39, 0.29) is 5.41 Å². The Morgan fingerprint density at radius 3 is 1.17 bits per heavy atom. The van der Waals surface area contributed by atoms with Crippen LogP contribution in [0, 0.1) is 0 Å². The standard InChI is InChI=1S/C34H28S/c1-2-35-24-34(31-21-9-15-25-12-3-6-18-28(25)31,32-22-10-16-26-13-4-7-19-29(26)32)33-23-11-17-27-14-5-8-20-30(27)33/h3-23H,2,24H2,1H3. The van der Waals surface area contributed by atoms with Crippen LogP contribution in [0.3, 0.4) is 0 Å². The van der Waals surface area contributed by atoms with E-state index in [1.807, 2.05) is 11.8 Å². The van der Waals surface area contributed by atoms with Crippen molar-refractivity contribution in [1.29, 1.82) is 0 Å². The zero-order chi connectivity index (χ0) is 23.7. The highest BCUT2D eigenvalue weighted by Gasteiger charge is 2.39. The number of hydrogen-bond acceptors (Lipinski definition) is 1. The van der Waals surface area contributed by atoms with Crippen LogP contribution in [0.2, 0.25) is 0 Å². The molecule has 0 aliphatic carbocycles. The molecule has 0 aliphatic rings. The SMILES string of the molecule is CCSCC(c1cccc2ccccc12)(c1cccc2ccccc12)c1cccc2ccccc12. The van der Waals surface area contributed by atoms with Crippen LogP contribution in [-0.2, 0) is 5.41 Å². The lowest BCUT2D eigenvalue weighted by Crippen LogP contribution is -2.33. The Balaban J connectivity index is 1.83. The molecule has 0 heterocycles. The Morgan fingerprint density at radius 1 is 0.457 bits per heavy atom. The second-order valence-corrected chi connectivity index (χ2v) is 10.4. The van der Waals surface area contributed by atoms with Gasteiger partial charge in [0.2, 0.25) is 0 Å². The minimum absolute atomic E-state index is 0.316. The third-order valence-electron chi connectivity index (χ3n) is 7.27. The molecule has 35 heavy (non-hydrogen) atoms. The second kappa shape index (κ2) is 9.24. The molecule has 170 valence electrons. The van der Waals surface area contributed by atoms with Gasteiger partial charge in [0.15, 0.2) is 0 Å². The van der Waals surface area contributed by atoms with Gasteiger partial charge in [-0.3, -0.25) is 0 Å². The predicted octanol–water partition coefficient (Wildman–Crippen LogP) is 9.23. The average Bonchev–Trinajstić information content (AvgIpc) is 2.93. The van der Waals surface area contributed by atoms with Gasteiger partial charge in [0.05, 0.1) is 5.41 Å². The Kier molecular flexibility index (Phi) is 5.80. The van der Waals surface area contributed by atoms with Crippen LogP contribution in [0.5, 0.6) is 0 Å². The third kappa shape index (κ3) is 3.63. The van der Waals surface area contributed by atoms with Crippen LogP contribution in [0.1, 0.15) is 23.6 Å². The van der Waals surface area contributed by atoms with E-state index in [2.05, 4.69) is 134 Å². The number of thioether (sulfide) groups is 1. The van der Waals surface area contributed by atoms with Crippen LogP contribution in [0.15, 0.2) is 127 Å². The van der Waals surface area contributed by atoms with Gasteiger partial charge in [0, 0.05) is 5.75 Å². The maximum Gasteiger partial charge on any atom is 0.0559 e. The van der Waals surface area contributed by atoms with Gasteiger partial charge in [-0.2, -0.15) is 11.8 Å². The molecule has 0 N–H and O–H groups in total. The molecule has 6 aromatic rings. The highest BCUT2D eigenvalue weighted by atomic mass is 32.2. The normalized spacial score (nSPS) is 11.9. The first-order valence-electron chi connectivity index (χ1n) is 12.4. The number of fused-ring (bicyclic) bond motifs is 3. The van der Waals surface area contributed by atoms with E-state index >= 15 is 0 Å². The fraction of sp³-hybridized carbons (Fsp3) is 0.118. The molecule has 6 aromatic carbocycles. The molecule has 0 aliphatic heterocycles. The van der Waals surface area contributed by atoms with Crippen molar-refractivity contribution in [3.05, 3.63) is 144 Å². The summed E-state index contributed by atoms with van der Waals surface area (Å²) in [6.45, 7) is 2.27. The summed E-state index contributed by atoms with van der Waals surface area (Å²) in [5, 5.41) is 7.84. The molecular weight excluding hydrogens is 440 g/mol.